The molecule has 0 aliphatic rings. The fourth-order valence-electron chi connectivity index (χ4n) is 4.27. The lowest BCUT2D eigenvalue weighted by Crippen LogP contribution is -2.53. The Morgan fingerprint density at radius 2 is 1.51 bits per heavy atom. The fraction of sp³-hybridized carbons (Fsp3) is 0.333. The SMILES string of the molecule is CCNC(=O)[C@H](Cc1ccccc1)N(Cc1ccc(Cl)cc1)C(=O)CN(c1ccc(C(C)C)cc1)S(C)(=O)=O. The second-order valence-corrected chi connectivity index (χ2v) is 12.1. The van der Waals surface area contributed by atoms with Crippen molar-refractivity contribution in [3.05, 3.63) is 101 Å². The molecule has 0 saturated carbocycles. The number of rotatable bonds is 12. The van der Waals surface area contributed by atoms with Crippen molar-refractivity contribution in [1.29, 1.82) is 0 Å². The first-order valence-corrected chi connectivity index (χ1v) is 15.2. The van der Waals surface area contributed by atoms with Crippen molar-refractivity contribution < 1.29 is 18.0 Å². The largest absolute Gasteiger partial charge is 0.355 e. The highest BCUT2D eigenvalue weighted by molar-refractivity contribution is 7.92. The summed E-state index contributed by atoms with van der Waals surface area (Å²) in [6, 6.07) is 22.7. The summed E-state index contributed by atoms with van der Waals surface area (Å²) in [6.07, 6.45) is 1.35. The van der Waals surface area contributed by atoms with E-state index < -0.39 is 28.5 Å². The number of nitrogens with one attached hydrogen (secondary N) is 1. The maximum atomic E-state index is 14.0. The molecule has 0 unspecified atom stereocenters. The molecule has 3 aromatic rings. The molecule has 0 fully saturated rings. The van der Waals surface area contributed by atoms with Gasteiger partial charge in [0.15, 0.2) is 0 Å². The third-order valence-electron chi connectivity index (χ3n) is 6.42. The van der Waals surface area contributed by atoms with Crippen LogP contribution in [-0.4, -0.2) is 50.5 Å². The minimum atomic E-state index is -3.81. The van der Waals surface area contributed by atoms with Gasteiger partial charge < -0.3 is 10.2 Å². The van der Waals surface area contributed by atoms with Gasteiger partial charge in [0.2, 0.25) is 21.8 Å². The van der Waals surface area contributed by atoms with E-state index >= 15 is 0 Å². The third kappa shape index (κ3) is 8.57. The average molecular weight is 570 g/mol. The molecular weight excluding hydrogens is 534 g/mol. The predicted molar refractivity (Wildman–Crippen MR) is 157 cm³/mol. The molecule has 0 aromatic heterocycles. The van der Waals surface area contributed by atoms with Gasteiger partial charge in [-0.25, -0.2) is 8.42 Å². The minimum Gasteiger partial charge on any atom is -0.355 e. The number of carbonyl (C=O) groups is 2. The van der Waals surface area contributed by atoms with E-state index in [-0.39, 0.29) is 24.8 Å². The average Bonchev–Trinajstić information content (AvgIpc) is 2.90. The Hall–Kier alpha value is -3.36. The molecule has 0 saturated heterocycles. The van der Waals surface area contributed by atoms with Crippen LogP contribution < -0.4 is 9.62 Å². The van der Waals surface area contributed by atoms with E-state index in [0.717, 1.165) is 27.3 Å². The molecule has 208 valence electrons. The molecule has 1 atom stereocenters. The number of anilines is 1. The van der Waals surface area contributed by atoms with Gasteiger partial charge in [0.1, 0.15) is 12.6 Å². The number of sulfonamides is 1. The number of benzene rings is 3. The normalized spacial score (nSPS) is 12.2. The van der Waals surface area contributed by atoms with Crippen molar-refractivity contribution in [1.82, 2.24) is 10.2 Å². The number of carbonyl (C=O) groups excluding carboxylic acids is 2. The predicted octanol–water partition coefficient (Wildman–Crippen LogP) is 5.01. The van der Waals surface area contributed by atoms with Crippen molar-refractivity contribution in [2.24, 2.45) is 0 Å². The zero-order valence-corrected chi connectivity index (χ0v) is 24.4. The van der Waals surface area contributed by atoms with Crippen molar-refractivity contribution in [2.45, 2.75) is 45.7 Å². The Labute approximate surface area is 236 Å². The van der Waals surface area contributed by atoms with Gasteiger partial charge in [-0.3, -0.25) is 13.9 Å². The Bertz CT molecular complexity index is 1350. The molecule has 0 aliphatic carbocycles. The summed E-state index contributed by atoms with van der Waals surface area (Å²) in [5.74, 6) is -0.524. The van der Waals surface area contributed by atoms with Crippen LogP contribution in [-0.2, 0) is 32.6 Å². The molecule has 0 spiro atoms. The van der Waals surface area contributed by atoms with Crippen LogP contribution in [0.3, 0.4) is 0 Å². The van der Waals surface area contributed by atoms with Gasteiger partial charge in [0.25, 0.3) is 0 Å². The van der Waals surface area contributed by atoms with Crippen molar-refractivity contribution in [3.63, 3.8) is 0 Å². The van der Waals surface area contributed by atoms with E-state index in [1.54, 1.807) is 36.4 Å². The molecule has 0 bridgehead atoms. The highest BCUT2D eigenvalue weighted by Gasteiger charge is 2.32. The first-order valence-electron chi connectivity index (χ1n) is 12.9. The molecule has 0 radical (unpaired) electrons. The maximum absolute atomic E-state index is 14.0. The number of hydrogen-bond donors (Lipinski definition) is 1. The second kappa shape index (κ2) is 13.6. The number of nitrogens with zero attached hydrogens (tertiary/aromatic N) is 2. The fourth-order valence-corrected chi connectivity index (χ4v) is 5.25. The van der Waals surface area contributed by atoms with Crippen LogP contribution in [0, 0.1) is 0 Å². The molecule has 0 heterocycles. The Balaban J connectivity index is 2.02. The summed E-state index contributed by atoms with van der Waals surface area (Å²) in [7, 11) is -3.81. The summed E-state index contributed by atoms with van der Waals surface area (Å²) in [5.41, 5.74) is 3.09. The van der Waals surface area contributed by atoms with Crippen LogP contribution in [0.1, 0.15) is 43.4 Å². The Morgan fingerprint density at radius 1 is 0.897 bits per heavy atom. The smallest absolute Gasteiger partial charge is 0.244 e. The molecule has 9 heteroatoms. The summed E-state index contributed by atoms with van der Waals surface area (Å²) in [6.45, 7) is 5.97. The van der Waals surface area contributed by atoms with Crippen LogP contribution in [0.25, 0.3) is 0 Å². The van der Waals surface area contributed by atoms with E-state index in [1.165, 1.54) is 4.90 Å². The molecule has 3 aromatic carbocycles. The van der Waals surface area contributed by atoms with Gasteiger partial charge in [-0.1, -0.05) is 80.0 Å². The van der Waals surface area contributed by atoms with Crippen molar-refractivity contribution in [2.75, 3.05) is 23.7 Å². The van der Waals surface area contributed by atoms with Gasteiger partial charge in [-0.2, -0.15) is 0 Å². The quantitative estimate of drug-likeness (QED) is 0.332. The van der Waals surface area contributed by atoms with Gasteiger partial charge in [-0.05, 0) is 53.8 Å². The number of hydrogen-bond acceptors (Lipinski definition) is 4. The van der Waals surface area contributed by atoms with Gasteiger partial charge in [0, 0.05) is 24.5 Å². The number of likely N-dealkylation sites (N-methyl/N-ethyl adjacent to an activating group) is 1. The second-order valence-electron chi connectivity index (χ2n) is 9.76. The van der Waals surface area contributed by atoms with Crippen LogP contribution in [0.4, 0.5) is 5.69 Å². The first kappa shape index (κ1) is 30.2. The highest BCUT2D eigenvalue weighted by atomic mass is 35.5. The standard InChI is InChI=1S/C30H36ClN3O4S/c1-5-32-30(36)28(19-23-9-7-6-8-10-23)33(20-24-11-15-26(31)16-12-24)29(35)21-34(39(4,37)38)27-17-13-25(14-18-27)22(2)3/h6-18,22,28H,5,19-21H2,1-4H3,(H,32,36)/t28-/m0/s1. The Kier molecular flexibility index (Phi) is 10.5. The van der Waals surface area contributed by atoms with Crippen LogP contribution in [0.15, 0.2) is 78.9 Å². The molecule has 1 N–H and O–H groups in total. The first-order chi connectivity index (χ1) is 18.5. The molecular formula is C30H36ClN3O4S. The zero-order chi connectivity index (χ0) is 28.6. The van der Waals surface area contributed by atoms with Crippen LogP contribution in [0.2, 0.25) is 5.02 Å². The van der Waals surface area contributed by atoms with Crippen molar-refractivity contribution in [3.8, 4) is 0 Å². The summed E-state index contributed by atoms with van der Waals surface area (Å²) in [5, 5.41) is 3.39. The molecule has 7 nitrogen and oxygen atoms in total. The van der Waals surface area contributed by atoms with Gasteiger partial charge >= 0.3 is 0 Å². The van der Waals surface area contributed by atoms with E-state index in [4.69, 9.17) is 11.6 Å². The van der Waals surface area contributed by atoms with Crippen molar-refractivity contribution >= 4 is 39.1 Å². The molecule has 0 aliphatic heterocycles. The lowest BCUT2D eigenvalue weighted by atomic mass is 10.0. The van der Waals surface area contributed by atoms with E-state index in [0.29, 0.717) is 17.3 Å². The summed E-state index contributed by atoms with van der Waals surface area (Å²) >= 11 is 6.07. The molecule has 39 heavy (non-hydrogen) atoms. The molecule has 2 amide bonds. The maximum Gasteiger partial charge on any atom is 0.244 e. The third-order valence-corrected chi connectivity index (χ3v) is 7.81. The molecule has 3 rings (SSSR count). The van der Waals surface area contributed by atoms with Gasteiger partial charge in [0.05, 0.1) is 11.9 Å². The summed E-state index contributed by atoms with van der Waals surface area (Å²) in [4.78, 5) is 28.8. The monoisotopic (exact) mass is 569 g/mol. The minimum absolute atomic E-state index is 0.106. The topological polar surface area (TPSA) is 86.8 Å². The highest BCUT2D eigenvalue weighted by Crippen LogP contribution is 2.23. The lowest BCUT2D eigenvalue weighted by molar-refractivity contribution is -0.140. The van der Waals surface area contributed by atoms with E-state index in [2.05, 4.69) is 19.2 Å². The van der Waals surface area contributed by atoms with Crippen LogP contribution in [0.5, 0.6) is 0 Å². The Morgan fingerprint density at radius 3 is 2.05 bits per heavy atom. The van der Waals surface area contributed by atoms with E-state index in [1.807, 2.05) is 49.4 Å². The van der Waals surface area contributed by atoms with Crippen LogP contribution >= 0.6 is 11.6 Å². The zero-order valence-electron chi connectivity index (χ0n) is 22.8. The number of amides is 2. The summed E-state index contributed by atoms with van der Waals surface area (Å²) < 4.78 is 26.8. The van der Waals surface area contributed by atoms with Gasteiger partial charge in [-0.15, -0.1) is 0 Å². The number of halogens is 1. The van der Waals surface area contributed by atoms with E-state index in [9.17, 15) is 18.0 Å². The lowest BCUT2D eigenvalue weighted by Gasteiger charge is -2.33.